The molecule has 3 heteroatoms. The molecule has 18 heavy (non-hydrogen) atoms. The number of nitrogens with one attached hydrogen (secondary N) is 1. The Hall–Kier alpha value is -1.90. The number of hydrogen-bond acceptors (Lipinski definition) is 2. The summed E-state index contributed by atoms with van der Waals surface area (Å²) in [6, 6.07) is 11.5. The summed E-state index contributed by atoms with van der Waals surface area (Å²) >= 11 is 0. The number of H-pyrrole nitrogens is 1. The average Bonchev–Trinajstić information content (AvgIpc) is 2.93. The second kappa shape index (κ2) is 4.77. The Morgan fingerprint density at radius 3 is 2.56 bits per heavy atom. The van der Waals surface area contributed by atoms with Gasteiger partial charge in [-0.05, 0) is 12.8 Å². The number of nitrogens with zero attached hydrogens (tertiary/aromatic N) is 1. The van der Waals surface area contributed by atoms with Gasteiger partial charge in [-0.2, -0.15) is 0 Å². The van der Waals surface area contributed by atoms with E-state index in [0.717, 1.165) is 24.1 Å². The normalized spacial score (nSPS) is 16.0. The fraction of sp³-hybridized carbons (Fsp3) is 0.333. The van der Waals surface area contributed by atoms with Gasteiger partial charge in [-0.1, -0.05) is 43.2 Å². The van der Waals surface area contributed by atoms with Crippen molar-refractivity contribution in [2.75, 3.05) is 0 Å². The standard InChI is InChI=1S/C15H16N2O/c18-14-10-13(11-6-4-5-7-11)16-15(17-14)12-8-2-1-3-9-12/h1-3,8-11H,4-7H2,(H,16,17,18). The van der Waals surface area contributed by atoms with Crippen LogP contribution in [0.5, 0.6) is 0 Å². The number of aromatic amines is 1. The smallest absolute Gasteiger partial charge is 0.251 e. The first-order valence-corrected chi connectivity index (χ1v) is 6.49. The summed E-state index contributed by atoms with van der Waals surface area (Å²) in [6.45, 7) is 0. The Kier molecular flexibility index (Phi) is 2.97. The van der Waals surface area contributed by atoms with Gasteiger partial charge in [0.2, 0.25) is 0 Å². The molecule has 0 bridgehead atoms. The Morgan fingerprint density at radius 1 is 1.11 bits per heavy atom. The zero-order valence-corrected chi connectivity index (χ0v) is 10.2. The Labute approximate surface area is 106 Å². The average molecular weight is 240 g/mol. The quantitative estimate of drug-likeness (QED) is 0.876. The van der Waals surface area contributed by atoms with E-state index in [0.29, 0.717) is 11.7 Å². The fourth-order valence-corrected chi connectivity index (χ4v) is 2.64. The van der Waals surface area contributed by atoms with Crippen LogP contribution in [-0.4, -0.2) is 9.97 Å². The molecular weight excluding hydrogens is 224 g/mol. The molecule has 0 amide bonds. The monoisotopic (exact) mass is 240 g/mol. The molecule has 0 spiro atoms. The van der Waals surface area contributed by atoms with Gasteiger partial charge in [-0.3, -0.25) is 4.79 Å². The van der Waals surface area contributed by atoms with Gasteiger partial charge in [0.05, 0.1) is 5.69 Å². The molecule has 0 unspecified atom stereocenters. The molecule has 92 valence electrons. The molecule has 3 nitrogen and oxygen atoms in total. The summed E-state index contributed by atoms with van der Waals surface area (Å²) in [5.74, 6) is 1.15. The second-order valence-electron chi connectivity index (χ2n) is 4.87. The van der Waals surface area contributed by atoms with Crippen LogP contribution in [0.2, 0.25) is 0 Å². The maximum Gasteiger partial charge on any atom is 0.251 e. The summed E-state index contributed by atoms with van der Waals surface area (Å²) < 4.78 is 0. The van der Waals surface area contributed by atoms with Crippen LogP contribution in [-0.2, 0) is 0 Å². The molecule has 1 heterocycles. The predicted octanol–water partition coefficient (Wildman–Crippen LogP) is 3.09. The number of benzene rings is 1. The van der Waals surface area contributed by atoms with Crippen molar-refractivity contribution in [3.8, 4) is 11.4 Å². The zero-order valence-electron chi connectivity index (χ0n) is 10.2. The van der Waals surface area contributed by atoms with Crippen LogP contribution in [0.15, 0.2) is 41.2 Å². The molecule has 0 radical (unpaired) electrons. The maximum atomic E-state index is 11.7. The lowest BCUT2D eigenvalue weighted by atomic mass is 10.0. The van der Waals surface area contributed by atoms with Crippen molar-refractivity contribution >= 4 is 0 Å². The molecule has 3 rings (SSSR count). The van der Waals surface area contributed by atoms with Gasteiger partial charge in [0.25, 0.3) is 5.56 Å². The first-order valence-electron chi connectivity index (χ1n) is 6.49. The van der Waals surface area contributed by atoms with E-state index in [1.165, 1.54) is 12.8 Å². The SMILES string of the molecule is O=c1cc(C2CCCC2)nc(-c2ccccc2)[nH]1. The minimum atomic E-state index is -0.0502. The third kappa shape index (κ3) is 2.21. The van der Waals surface area contributed by atoms with Gasteiger partial charge >= 0.3 is 0 Å². The van der Waals surface area contributed by atoms with E-state index in [9.17, 15) is 4.79 Å². The van der Waals surface area contributed by atoms with Crippen molar-refractivity contribution in [2.45, 2.75) is 31.6 Å². The van der Waals surface area contributed by atoms with E-state index in [2.05, 4.69) is 9.97 Å². The highest BCUT2D eigenvalue weighted by Crippen LogP contribution is 2.32. The highest BCUT2D eigenvalue weighted by atomic mass is 16.1. The lowest BCUT2D eigenvalue weighted by molar-refractivity contribution is 0.693. The van der Waals surface area contributed by atoms with Gasteiger partial charge in [-0.25, -0.2) is 4.98 Å². The van der Waals surface area contributed by atoms with Crippen LogP contribution in [0.4, 0.5) is 0 Å². The highest BCUT2D eigenvalue weighted by Gasteiger charge is 2.19. The van der Waals surface area contributed by atoms with Crippen molar-refractivity contribution in [1.82, 2.24) is 9.97 Å². The van der Waals surface area contributed by atoms with E-state index in [4.69, 9.17) is 0 Å². The molecule has 1 aliphatic carbocycles. The molecule has 0 atom stereocenters. The largest absolute Gasteiger partial charge is 0.307 e. The molecule has 1 fully saturated rings. The fourth-order valence-electron chi connectivity index (χ4n) is 2.64. The summed E-state index contributed by atoms with van der Waals surface area (Å²) in [5, 5.41) is 0. The molecule has 1 saturated carbocycles. The van der Waals surface area contributed by atoms with Gasteiger partial charge in [0.1, 0.15) is 5.82 Å². The minimum absolute atomic E-state index is 0.0502. The molecule has 1 aromatic carbocycles. The van der Waals surface area contributed by atoms with Gasteiger partial charge in [0.15, 0.2) is 0 Å². The number of hydrogen-bond donors (Lipinski definition) is 1. The van der Waals surface area contributed by atoms with Gasteiger partial charge < -0.3 is 4.98 Å². The third-order valence-corrected chi connectivity index (χ3v) is 3.58. The maximum absolute atomic E-state index is 11.7. The van der Waals surface area contributed by atoms with E-state index in [-0.39, 0.29) is 5.56 Å². The highest BCUT2D eigenvalue weighted by molar-refractivity contribution is 5.54. The molecule has 1 aromatic heterocycles. The van der Waals surface area contributed by atoms with E-state index in [1.54, 1.807) is 6.07 Å². The van der Waals surface area contributed by atoms with Gasteiger partial charge in [0, 0.05) is 17.5 Å². The molecule has 1 aliphatic rings. The van der Waals surface area contributed by atoms with Crippen LogP contribution in [0.25, 0.3) is 11.4 Å². The summed E-state index contributed by atoms with van der Waals surface area (Å²) in [6.07, 6.45) is 4.81. The molecular formula is C15H16N2O. The molecule has 2 aromatic rings. The Balaban J connectivity index is 2.03. The van der Waals surface area contributed by atoms with Crippen molar-refractivity contribution < 1.29 is 0 Å². The van der Waals surface area contributed by atoms with Gasteiger partial charge in [-0.15, -0.1) is 0 Å². The van der Waals surface area contributed by atoms with Crippen LogP contribution >= 0.6 is 0 Å². The summed E-state index contributed by atoms with van der Waals surface area (Å²) in [7, 11) is 0. The Morgan fingerprint density at radius 2 is 1.83 bits per heavy atom. The van der Waals surface area contributed by atoms with E-state index >= 15 is 0 Å². The van der Waals surface area contributed by atoms with Crippen molar-refractivity contribution in [3.63, 3.8) is 0 Å². The van der Waals surface area contributed by atoms with Crippen LogP contribution < -0.4 is 5.56 Å². The zero-order chi connectivity index (χ0) is 12.4. The topological polar surface area (TPSA) is 45.8 Å². The molecule has 0 saturated heterocycles. The lowest BCUT2D eigenvalue weighted by Crippen LogP contribution is -2.12. The minimum Gasteiger partial charge on any atom is -0.307 e. The van der Waals surface area contributed by atoms with E-state index < -0.39 is 0 Å². The van der Waals surface area contributed by atoms with Crippen molar-refractivity contribution in [3.05, 3.63) is 52.4 Å². The lowest BCUT2D eigenvalue weighted by Gasteiger charge is -2.09. The number of aromatic nitrogens is 2. The summed E-state index contributed by atoms with van der Waals surface area (Å²) in [4.78, 5) is 19.2. The Bertz CT molecular complexity index is 583. The van der Waals surface area contributed by atoms with Crippen LogP contribution in [0, 0.1) is 0 Å². The summed E-state index contributed by atoms with van der Waals surface area (Å²) in [5.41, 5.74) is 1.87. The van der Waals surface area contributed by atoms with Crippen molar-refractivity contribution in [1.29, 1.82) is 0 Å². The van der Waals surface area contributed by atoms with Crippen molar-refractivity contribution in [2.24, 2.45) is 0 Å². The predicted molar refractivity (Wildman–Crippen MR) is 71.5 cm³/mol. The van der Waals surface area contributed by atoms with Crippen LogP contribution in [0.1, 0.15) is 37.3 Å². The first-order chi connectivity index (χ1) is 8.83. The molecule has 0 aliphatic heterocycles. The first kappa shape index (κ1) is 11.2. The molecule has 1 N–H and O–H groups in total. The van der Waals surface area contributed by atoms with E-state index in [1.807, 2.05) is 30.3 Å². The second-order valence-corrected chi connectivity index (χ2v) is 4.87. The van der Waals surface area contributed by atoms with Crippen LogP contribution in [0.3, 0.4) is 0 Å². The third-order valence-electron chi connectivity index (χ3n) is 3.58. The number of rotatable bonds is 2.